The zero-order valence-corrected chi connectivity index (χ0v) is 31.5. The fourth-order valence-corrected chi connectivity index (χ4v) is 8.40. The molecule has 1 amide bonds. The number of carbonyl (C=O) groups excluding carboxylic acids is 2. The number of β-lactam (4-membered cyclic amide) rings is 1. The lowest BCUT2D eigenvalue weighted by Gasteiger charge is -2.63. The maximum atomic E-state index is 14.3. The van der Waals surface area contributed by atoms with Gasteiger partial charge in [0.1, 0.15) is 30.5 Å². The molecule has 1 spiro atoms. The minimum atomic E-state index is -2.67. The number of amides is 1. The van der Waals surface area contributed by atoms with Crippen molar-refractivity contribution in [2.75, 3.05) is 6.61 Å². The number of carbonyl (C=O) groups is 2. The summed E-state index contributed by atoms with van der Waals surface area (Å²) in [6.07, 6.45) is -4.23. The van der Waals surface area contributed by atoms with Gasteiger partial charge in [-0.15, -0.1) is 0 Å². The number of aliphatic hydroxyl groups is 2. The van der Waals surface area contributed by atoms with Gasteiger partial charge in [-0.1, -0.05) is 71.9 Å². The maximum Gasteiger partial charge on any atom is 0.249 e. The van der Waals surface area contributed by atoms with E-state index in [-0.39, 0.29) is 35.6 Å². The van der Waals surface area contributed by atoms with Crippen LogP contribution < -0.4 is 0 Å². The standard InChI is InChI=1S/C31H55NO8Si3/c1-28(2,3)42(10,11)38-21-31(36)25(35)24(34)30(19-23(33)32(30)37-20-22-17-15-14-16-18-22)26(39-41(7,8)9)27(31)40-43(12,13)29(4,5)6/h14-18,24,26-27,34,36H,19-21H2,1-13H3/t24-,26+,27-,30+,31-/m0/s1. The molecule has 1 aliphatic carbocycles. The van der Waals surface area contributed by atoms with Crippen molar-refractivity contribution in [3.05, 3.63) is 35.9 Å². The first kappa shape index (κ1) is 36.2. The molecule has 2 N–H and O–H groups in total. The van der Waals surface area contributed by atoms with Gasteiger partial charge in [0.15, 0.2) is 36.3 Å². The molecular weight excluding hydrogens is 599 g/mol. The van der Waals surface area contributed by atoms with Gasteiger partial charge in [-0.2, -0.15) is 0 Å². The van der Waals surface area contributed by atoms with Crippen molar-refractivity contribution < 1.29 is 37.9 Å². The van der Waals surface area contributed by atoms with Crippen LogP contribution in [0.25, 0.3) is 0 Å². The normalized spacial score (nSPS) is 29.3. The lowest BCUT2D eigenvalue weighted by Crippen LogP contribution is -2.86. The van der Waals surface area contributed by atoms with Crippen molar-refractivity contribution >= 4 is 36.6 Å². The fraction of sp³-hybridized carbons (Fsp3) is 0.742. The Morgan fingerprint density at radius 3 is 1.86 bits per heavy atom. The van der Waals surface area contributed by atoms with Crippen molar-refractivity contribution in [3.63, 3.8) is 0 Å². The van der Waals surface area contributed by atoms with Crippen LogP contribution in [0, 0.1) is 0 Å². The number of rotatable bonds is 10. The molecule has 0 radical (unpaired) electrons. The first-order chi connectivity index (χ1) is 19.3. The summed E-state index contributed by atoms with van der Waals surface area (Å²) in [6, 6.07) is 9.37. The third-order valence-electron chi connectivity index (χ3n) is 9.80. The first-order valence-corrected chi connectivity index (χ1v) is 24.5. The van der Waals surface area contributed by atoms with Gasteiger partial charge < -0.3 is 23.5 Å². The summed E-state index contributed by atoms with van der Waals surface area (Å²) >= 11 is 0. The molecule has 43 heavy (non-hydrogen) atoms. The van der Waals surface area contributed by atoms with Gasteiger partial charge in [0.05, 0.1) is 13.0 Å². The number of hydroxylamine groups is 2. The van der Waals surface area contributed by atoms with Gasteiger partial charge in [-0.25, -0.2) is 5.06 Å². The third kappa shape index (κ3) is 6.97. The Morgan fingerprint density at radius 1 is 0.860 bits per heavy atom. The highest BCUT2D eigenvalue weighted by Crippen LogP contribution is 2.52. The molecule has 3 rings (SSSR count). The molecule has 1 heterocycles. The summed E-state index contributed by atoms with van der Waals surface area (Å²) in [5.41, 5.74) is -2.96. The SMILES string of the molecule is CC(C)(C)[Si](C)(C)OC[C@]1(O)C(=O)[C@H](O)[C@]2(CC(=O)N2OCc2ccccc2)[C@H](O[Si](C)(C)C)[C@@H]1O[Si](C)(C)C(C)(C)C. The number of aliphatic hydroxyl groups excluding tert-OH is 1. The first-order valence-electron chi connectivity index (χ1n) is 15.2. The molecule has 2 fully saturated rings. The zero-order chi connectivity index (χ0) is 33.0. The van der Waals surface area contributed by atoms with Crippen LogP contribution in [-0.2, 0) is 34.3 Å². The van der Waals surface area contributed by atoms with Gasteiger partial charge >= 0.3 is 0 Å². The van der Waals surface area contributed by atoms with Crippen LogP contribution in [0.15, 0.2) is 30.3 Å². The van der Waals surface area contributed by atoms with E-state index in [1.165, 1.54) is 0 Å². The fourth-order valence-electron chi connectivity index (χ4n) is 4.99. The largest absolute Gasteiger partial charge is 0.413 e. The molecule has 1 aliphatic heterocycles. The van der Waals surface area contributed by atoms with Crippen molar-refractivity contribution in [2.24, 2.45) is 0 Å². The number of Topliss-reactive ketones (excluding diaryl/α,β-unsaturated/α-hetero) is 1. The average molecular weight is 654 g/mol. The van der Waals surface area contributed by atoms with E-state index in [0.29, 0.717) is 0 Å². The second-order valence-electron chi connectivity index (χ2n) is 16.3. The summed E-state index contributed by atoms with van der Waals surface area (Å²) < 4.78 is 20.2. The van der Waals surface area contributed by atoms with E-state index >= 15 is 0 Å². The average Bonchev–Trinajstić information content (AvgIpc) is 2.85. The van der Waals surface area contributed by atoms with Gasteiger partial charge in [0.25, 0.3) is 0 Å². The van der Waals surface area contributed by atoms with Crippen LogP contribution in [0.1, 0.15) is 53.5 Å². The number of benzene rings is 1. The molecule has 9 nitrogen and oxygen atoms in total. The monoisotopic (exact) mass is 653 g/mol. The molecule has 0 aromatic heterocycles. The van der Waals surface area contributed by atoms with E-state index in [1.54, 1.807) is 0 Å². The minimum absolute atomic E-state index is 0.0570. The summed E-state index contributed by atoms with van der Waals surface area (Å²) in [5, 5.41) is 25.0. The lowest BCUT2D eigenvalue weighted by atomic mass is 9.62. The van der Waals surface area contributed by atoms with Crippen LogP contribution in [-0.4, -0.2) is 88.0 Å². The highest BCUT2D eigenvalue weighted by atomic mass is 28.4. The highest BCUT2D eigenvalue weighted by molar-refractivity contribution is 6.74. The number of nitrogens with zero attached hydrogens (tertiary/aromatic N) is 1. The minimum Gasteiger partial charge on any atom is -0.413 e. The van der Waals surface area contributed by atoms with Crippen molar-refractivity contribution in [1.29, 1.82) is 0 Å². The maximum absolute atomic E-state index is 14.3. The number of hydrogen-bond acceptors (Lipinski definition) is 8. The smallest absolute Gasteiger partial charge is 0.249 e. The van der Waals surface area contributed by atoms with Gasteiger partial charge in [0, 0.05) is 0 Å². The van der Waals surface area contributed by atoms with E-state index in [4.69, 9.17) is 18.1 Å². The molecule has 1 aromatic carbocycles. The predicted octanol–water partition coefficient (Wildman–Crippen LogP) is 5.40. The molecule has 0 bridgehead atoms. The molecule has 1 saturated carbocycles. The van der Waals surface area contributed by atoms with E-state index in [0.717, 1.165) is 10.6 Å². The molecule has 5 atom stereocenters. The summed E-state index contributed by atoms with van der Waals surface area (Å²) in [7, 11) is -7.56. The quantitative estimate of drug-likeness (QED) is 0.255. The van der Waals surface area contributed by atoms with E-state index in [2.05, 4.69) is 41.5 Å². The van der Waals surface area contributed by atoms with E-state index in [1.807, 2.05) is 76.2 Å². The molecule has 12 heteroatoms. The van der Waals surface area contributed by atoms with Crippen LogP contribution in [0.3, 0.4) is 0 Å². The molecule has 0 unspecified atom stereocenters. The van der Waals surface area contributed by atoms with E-state index in [9.17, 15) is 19.8 Å². The van der Waals surface area contributed by atoms with E-state index < -0.39 is 60.2 Å². The second kappa shape index (κ2) is 11.8. The molecule has 1 saturated heterocycles. The van der Waals surface area contributed by atoms with Gasteiger partial charge in [-0.3, -0.25) is 14.4 Å². The van der Waals surface area contributed by atoms with Crippen LogP contribution in [0.2, 0.25) is 55.9 Å². The van der Waals surface area contributed by atoms with Crippen molar-refractivity contribution in [1.82, 2.24) is 5.06 Å². The Bertz CT molecular complexity index is 1170. The predicted molar refractivity (Wildman–Crippen MR) is 175 cm³/mol. The highest BCUT2D eigenvalue weighted by Gasteiger charge is 2.75. The summed E-state index contributed by atoms with van der Waals surface area (Å²) in [4.78, 5) is 33.6. The van der Waals surface area contributed by atoms with Crippen LogP contribution in [0.5, 0.6) is 0 Å². The van der Waals surface area contributed by atoms with Crippen LogP contribution >= 0.6 is 0 Å². The lowest BCUT2D eigenvalue weighted by molar-refractivity contribution is -0.319. The Labute approximate surface area is 261 Å². The molecule has 1 aromatic rings. The second-order valence-corrected chi connectivity index (χ2v) is 30.3. The molecular formula is C31H55NO8Si3. The van der Waals surface area contributed by atoms with Gasteiger partial charge in [-0.05, 0) is 61.5 Å². The van der Waals surface area contributed by atoms with Crippen LogP contribution in [0.4, 0.5) is 0 Å². The Morgan fingerprint density at radius 2 is 1.40 bits per heavy atom. The Kier molecular flexibility index (Phi) is 9.99. The van der Waals surface area contributed by atoms with Crippen molar-refractivity contribution in [2.45, 2.75) is 140 Å². The topological polar surface area (TPSA) is 115 Å². The van der Waals surface area contributed by atoms with Gasteiger partial charge in [0.2, 0.25) is 5.91 Å². The molecule has 2 aliphatic rings. The zero-order valence-electron chi connectivity index (χ0n) is 28.5. The number of ketones is 1. The Balaban J connectivity index is 2.18. The third-order valence-corrected chi connectivity index (χ3v) is 19.7. The Hall–Kier alpha value is -1.23. The van der Waals surface area contributed by atoms with Crippen molar-refractivity contribution in [3.8, 4) is 0 Å². The summed E-state index contributed by atoms with van der Waals surface area (Å²) in [5.74, 6) is -1.22. The molecule has 244 valence electrons. The summed E-state index contributed by atoms with van der Waals surface area (Å²) in [6.45, 7) is 26.4. The number of hydrogen-bond donors (Lipinski definition) is 2.